The van der Waals surface area contributed by atoms with E-state index >= 15 is 0 Å². The van der Waals surface area contributed by atoms with Crippen molar-refractivity contribution in [2.75, 3.05) is 7.11 Å². The van der Waals surface area contributed by atoms with Crippen LogP contribution in [0.2, 0.25) is 0 Å². The Morgan fingerprint density at radius 2 is 1.76 bits per heavy atom. The minimum absolute atomic E-state index is 0.0950. The molecule has 0 saturated carbocycles. The van der Waals surface area contributed by atoms with Crippen molar-refractivity contribution < 1.29 is 27.5 Å². The average molecular weight is 514 g/mol. The number of ether oxygens (including phenoxy) is 2. The number of sulfone groups is 1. The quantitative estimate of drug-likeness (QED) is 0.418. The third-order valence-corrected chi connectivity index (χ3v) is 9.07. The van der Waals surface area contributed by atoms with E-state index < -0.39 is 49.5 Å². The number of Topliss-reactive ketones (excluding diaryl/α,β-unsaturated/α-hetero) is 1. The topological polar surface area (TPSA) is 134 Å². The number of thiocarbonyl (C=S) groups is 1. The van der Waals surface area contributed by atoms with E-state index in [-0.39, 0.29) is 27.9 Å². The van der Waals surface area contributed by atoms with E-state index in [2.05, 4.69) is 15.5 Å². The molecule has 0 aromatic carbocycles. The molecule has 2 aliphatic rings. The molecule has 3 rings (SSSR count). The molecule has 13 heteroatoms. The van der Waals surface area contributed by atoms with Crippen LogP contribution in [0.15, 0.2) is 11.3 Å². The van der Waals surface area contributed by atoms with Gasteiger partial charge in [-0.25, -0.2) is 13.1 Å². The molecular weight excluding hydrogens is 482 g/mol. The van der Waals surface area contributed by atoms with Crippen molar-refractivity contribution in [2.45, 2.75) is 76.7 Å². The van der Waals surface area contributed by atoms with Crippen molar-refractivity contribution in [3.63, 3.8) is 0 Å². The van der Waals surface area contributed by atoms with E-state index in [0.717, 1.165) is 0 Å². The smallest absolute Gasteiger partial charge is 0.308 e. The molecule has 0 N–H and O–H groups in total. The highest BCUT2D eigenvalue weighted by atomic mass is 32.2. The van der Waals surface area contributed by atoms with E-state index in [1.165, 1.54) is 30.7 Å². The van der Waals surface area contributed by atoms with Crippen LogP contribution < -0.4 is 0 Å². The molecule has 188 valence electrons. The number of fused-ring (bicyclic) bond motifs is 1. The lowest BCUT2D eigenvalue weighted by Gasteiger charge is -2.56. The summed E-state index contributed by atoms with van der Waals surface area (Å²) >= 11 is 5.45. The Hall–Kier alpha value is -2.25. The zero-order valence-corrected chi connectivity index (χ0v) is 22.5. The van der Waals surface area contributed by atoms with Crippen LogP contribution >= 0.6 is 12.2 Å². The van der Waals surface area contributed by atoms with Gasteiger partial charge in [0, 0.05) is 19.6 Å². The lowest BCUT2D eigenvalue weighted by atomic mass is 9.82. The molecule has 3 atom stereocenters. The number of carbonyl (C=O) groups excluding carboxylic acids is 2. The summed E-state index contributed by atoms with van der Waals surface area (Å²) in [4.78, 5) is 28.3. The molecule has 0 bridgehead atoms. The molecule has 1 aromatic heterocycles. The van der Waals surface area contributed by atoms with Crippen LogP contribution in [0.4, 0.5) is 0 Å². The Kier molecular flexibility index (Phi) is 6.33. The third kappa shape index (κ3) is 3.77. The monoisotopic (exact) mass is 513 g/mol. The first-order chi connectivity index (χ1) is 15.4. The van der Waals surface area contributed by atoms with Crippen LogP contribution in [0.5, 0.6) is 0 Å². The first kappa shape index (κ1) is 26.4. The van der Waals surface area contributed by atoms with Crippen LogP contribution in [0, 0.1) is 5.41 Å². The van der Waals surface area contributed by atoms with Gasteiger partial charge in [-0.3, -0.25) is 9.59 Å². The largest absolute Gasteiger partial charge is 0.460 e. The SMILES string of the molecule is CO[C@H]1C(=S)N2C(C(=O)C(C)(C)C)=C(C)C(CC(=O)OC(C)(C)C)(c3nnnn3C)S(=O)(=O)[C@H]12. The number of aromatic nitrogens is 4. The predicted octanol–water partition coefficient (Wildman–Crippen LogP) is 1.44. The summed E-state index contributed by atoms with van der Waals surface area (Å²) < 4.78 is 38.7. The number of hydrogen-bond donors (Lipinski definition) is 0. The van der Waals surface area contributed by atoms with Crippen molar-refractivity contribution in [3.05, 3.63) is 17.1 Å². The summed E-state index contributed by atoms with van der Waals surface area (Å²) in [6.07, 6.45) is -1.60. The predicted molar refractivity (Wildman–Crippen MR) is 126 cm³/mol. The summed E-state index contributed by atoms with van der Waals surface area (Å²) in [6, 6.07) is 0. The number of hydrogen-bond acceptors (Lipinski definition) is 10. The third-order valence-electron chi connectivity index (χ3n) is 5.94. The van der Waals surface area contributed by atoms with Gasteiger partial charge in [-0.2, -0.15) is 0 Å². The molecule has 0 aliphatic carbocycles. The molecule has 0 radical (unpaired) electrons. The number of methoxy groups -OCH3 is 1. The molecule has 1 fully saturated rings. The Morgan fingerprint density at radius 3 is 2.21 bits per heavy atom. The van der Waals surface area contributed by atoms with Crippen LogP contribution in [0.25, 0.3) is 0 Å². The van der Waals surface area contributed by atoms with Gasteiger partial charge in [0.1, 0.15) is 16.7 Å². The van der Waals surface area contributed by atoms with E-state index in [0.29, 0.717) is 0 Å². The molecular formula is C21H31N5O6S2. The Bertz CT molecular complexity index is 1190. The van der Waals surface area contributed by atoms with Gasteiger partial charge in [-0.15, -0.1) is 5.10 Å². The number of aryl methyl sites for hydroxylation is 1. The first-order valence-electron chi connectivity index (χ1n) is 10.7. The number of ketones is 1. The fourth-order valence-electron chi connectivity index (χ4n) is 4.38. The molecule has 0 amide bonds. The van der Waals surface area contributed by atoms with Crippen molar-refractivity contribution in [1.29, 1.82) is 0 Å². The average Bonchev–Trinajstić information content (AvgIpc) is 3.09. The zero-order valence-electron chi connectivity index (χ0n) is 20.9. The summed E-state index contributed by atoms with van der Waals surface area (Å²) in [5.74, 6) is -1.20. The van der Waals surface area contributed by atoms with E-state index in [4.69, 9.17) is 21.7 Å². The van der Waals surface area contributed by atoms with E-state index in [1.807, 2.05) is 0 Å². The number of nitrogens with zero attached hydrogens (tertiary/aromatic N) is 5. The molecule has 34 heavy (non-hydrogen) atoms. The number of esters is 1. The van der Waals surface area contributed by atoms with Crippen molar-refractivity contribution in [1.82, 2.24) is 25.1 Å². The second-order valence-electron chi connectivity index (χ2n) is 10.6. The van der Waals surface area contributed by atoms with Crippen molar-refractivity contribution in [2.24, 2.45) is 12.5 Å². The summed E-state index contributed by atoms with van der Waals surface area (Å²) in [5, 5.41) is 10.1. The van der Waals surface area contributed by atoms with Crippen LogP contribution in [0.3, 0.4) is 0 Å². The number of carbonyl (C=O) groups is 2. The molecule has 1 unspecified atom stereocenters. The maximum absolute atomic E-state index is 14.3. The maximum Gasteiger partial charge on any atom is 0.308 e. The summed E-state index contributed by atoms with van der Waals surface area (Å²) in [7, 11) is -1.51. The van der Waals surface area contributed by atoms with E-state index in [9.17, 15) is 18.0 Å². The van der Waals surface area contributed by atoms with Gasteiger partial charge >= 0.3 is 5.97 Å². The summed E-state index contributed by atoms with van der Waals surface area (Å²) in [5.41, 5.74) is -1.51. The molecule has 0 spiro atoms. The molecule has 1 saturated heterocycles. The van der Waals surface area contributed by atoms with Crippen molar-refractivity contribution >= 4 is 38.8 Å². The van der Waals surface area contributed by atoms with Gasteiger partial charge in [0.2, 0.25) is 0 Å². The highest BCUT2D eigenvalue weighted by Gasteiger charge is 2.69. The standard InChI is InChI=1S/C21H31N5O6S2/c1-11-13(15(28)19(2,3)4)26-16(33)14(31-9)17(26)34(29,30)21(11,18-22-23-24-25(18)8)10-12(27)32-20(5,6)7/h14,17H,10H2,1-9H3/t14-,17+,21?/m0/s1. The Labute approximate surface area is 204 Å². The lowest BCUT2D eigenvalue weighted by Crippen LogP contribution is -2.73. The first-order valence-corrected chi connectivity index (χ1v) is 12.7. The Balaban J connectivity index is 2.42. The fourth-order valence-corrected chi connectivity index (χ4v) is 7.71. The van der Waals surface area contributed by atoms with E-state index in [1.54, 1.807) is 41.5 Å². The van der Waals surface area contributed by atoms with Gasteiger partial charge in [0.25, 0.3) is 0 Å². The summed E-state index contributed by atoms with van der Waals surface area (Å²) in [6.45, 7) is 11.7. The minimum atomic E-state index is -4.34. The van der Waals surface area contributed by atoms with Gasteiger partial charge in [-0.1, -0.05) is 33.0 Å². The number of rotatable bonds is 5. The molecule has 3 heterocycles. The highest BCUT2D eigenvalue weighted by molar-refractivity contribution is 7.93. The molecule has 11 nitrogen and oxygen atoms in total. The van der Waals surface area contributed by atoms with Crippen LogP contribution in [0.1, 0.15) is 60.7 Å². The minimum Gasteiger partial charge on any atom is -0.460 e. The molecule has 2 aliphatic heterocycles. The highest BCUT2D eigenvalue weighted by Crippen LogP contribution is 2.54. The van der Waals surface area contributed by atoms with Gasteiger partial charge in [0.05, 0.1) is 12.1 Å². The maximum atomic E-state index is 14.3. The second kappa shape index (κ2) is 8.16. The number of tetrazole rings is 1. The van der Waals surface area contributed by atoms with Crippen LogP contribution in [-0.4, -0.2) is 74.5 Å². The Morgan fingerprint density at radius 1 is 1.18 bits per heavy atom. The number of allylic oxidation sites excluding steroid dienone is 1. The normalized spacial score (nSPS) is 26.7. The van der Waals surface area contributed by atoms with Crippen molar-refractivity contribution in [3.8, 4) is 0 Å². The second-order valence-corrected chi connectivity index (χ2v) is 13.3. The van der Waals surface area contributed by atoms with Gasteiger partial charge in [-0.05, 0) is 43.7 Å². The van der Waals surface area contributed by atoms with Crippen LogP contribution in [-0.2, 0) is 40.7 Å². The lowest BCUT2D eigenvalue weighted by molar-refractivity contribution is -0.155. The zero-order chi connectivity index (χ0) is 26.0. The molecule has 1 aromatic rings. The van der Waals surface area contributed by atoms with Gasteiger partial charge in [0.15, 0.2) is 31.6 Å². The van der Waals surface area contributed by atoms with Gasteiger partial charge < -0.3 is 14.4 Å². The fraction of sp³-hybridized carbons (Fsp3) is 0.714.